The smallest absolute Gasteiger partial charge is 0.191 e. The molecule has 7 heteroatoms. The van der Waals surface area contributed by atoms with Crippen molar-refractivity contribution in [2.24, 2.45) is 12.0 Å². The first-order chi connectivity index (χ1) is 11.7. The molecule has 7 nitrogen and oxygen atoms in total. The Labute approximate surface area is 143 Å². The van der Waals surface area contributed by atoms with Crippen LogP contribution < -0.4 is 10.6 Å². The maximum atomic E-state index is 5.86. The Morgan fingerprint density at radius 1 is 1.29 bits per heavy atom. The molecule has 0 spiro atoms. The van der Waals surface area contributed by atoms with Gasteiger partial charge in [-0.1, -0.05) is 30.3 Å². The van der Waals surface area contributed by atoms with Crippen LogP contribution in [0.5, 0.6) is 0 Å². The summed E-state index contributed by atoms with van der Waals surface area (Å²) in [7, 11) is 3.67. The van der Waals surface area contributed by atoms with Crippen molar-refractivity contribution in [1.29, 1.82) is 0 Å². The minimum Gasteiger partial charge on any atom is -0.374 e. The SMILES string of the molecule is CN=C(NCCCOC(C)c1ccccc1)NCc1nncn1C. The van der Waals surface area contributed by atoms with Gasteiger partial charge in [-0.25, -0.2) is 0 Å². The van der Waals surface area contributed by atoms with Gasteiger partial charge in [0.2, 0.25) is 0 Å². The van der Waals surface area contributed by atoms with Gasteiger partial charge in [-0.3, -0.25) is 4.99 Å². The molecule has 0 bridgehead atoms. The number of aromatic nitrogens is 3. The van der Waals surface area contributed by atoms with Crippen LogP contribution in [0.1, 0.15) is 30.8 Å². The lowest BCUT2D eigenvalue weighted by molar-refractivity contribution is 0.0646. The van der Waals surface area contributed by atoms with Crippen LogP contribution in [0.3, 0.4) is 0 Å². The molecule has 2 rings (SSSR count). The summed E-state index contributed by atoms with van der Waals surface area (Å²) in [5.74, 6) is 1.60. The van der Waals surface area contributed by atoms with Crippen LogP contribution in [0, 0.1) is 0 Å². The third-order valence-electron chi connectivity index (χ3n) is 3.69. The Balaban J connectivity index is 1.61. The third kappa shape index (κ3) is 5.66. The predicted molar refractivity (Wildman–Crippen MR) is 94.6 cm³/mol. The highest BCUT2D eigenvalue weighted by Crippen LogP contribution is 2.15. The second kappa shape index (κ2) is 9.67. The number of hydrogen-bond donors (Lipinski definition) is 2. The molecule has 2 N–H and O–H groups in total. The number of benzene rings is 1. The molecule has 130 valence electrons. The average Bonchev–Trinajstić information content (AvgIpc) is 3.03. The molecular weight excluding hydrogens is 304 g/mol. The monoisotopic (exact) mass is 330 g/mol. The molecule has 1 heterocycles. The summed E-state index contributed by atoms with van der Waals surface area (Å²) < 4.78 is 7.73. The van der Waals surface area contributed by atoms with Gasteiger partial charge >= 0.3 is 0 Å². The third-order valence-corrected chi connectivity index (χ3v) is 3.69. The van der Waals surface area contributed by atoms with Crippen LogP contribution in [0.4, 0.5) is 0 Å². The van der Waals surface area contributed by atoms with Gasteiger partial charge in [-0.05, 0) is 18.9 Å². The first-order valence-electron chi connectivity index (χ1n) is 8.14. The number of guanidine groups is 1. The summed E-state index contributed by atoms with van der Waals surface area (Å²) >= 11 is 0. The van der Waals surface area contributed by atoms with Crippen molar-refractivity contribution in [3.63, 3.8) is 0 Å². The summed E-state index contributed by atoms with van der Waals surface area (Å²) in [4.78, 5) is 4.19. The van der Waals surface area contributed by atoms with Crippen molar-refractivity contribution >= 4 is 5.96 Å². The van der Waals surface area contributed by atoms with E-state index in [4.69, 9.17) is 4.74 Å². The molecule has 1 unspecified atom stereocenters. The maximum absolute atomic E-state index is 5.86. The summed E-state index contributed by atoms with van der Waals surface area (Å²) in [6.45, 7) is 4.14. The number of aryl methyl sites for hydroxylation is 1. The maximum Gasteiger partial charge on any atom is 0.191 e. The molecule has 24 heavy (non-hydrogen) atoms. The van der Waals surface area contributed by atoms with Gasteiger partial charge in [-0.2, -0.15) is 0 Å². The standard InChI is InChI=1S/C17H26N6O/c1-14(15-8-5-4-6-9-15)24-11-7-10-19-17(18-2)20-12-16-22-21-13-23(16)3/h4-6,8-9,13-14H,7,10-12H2,1-3H3,(H2,18,19,20). The van der Waals surface area contributed by atoms with Gasteiger partial charge in [0.25, 0.3) is 0 Å². The minimum absolute atomic E-state index is 0.111. The fraction of sp³-hybridized carbons (Fsp3) is 0.471. The molecule has 0 saturated heterocycles. The highest BCUT2D eigenvalue weighted by atomic mass is 16.5. The average molecular weight is 330 g/mol. The second-order valence-corrected chi connectivity index (χ2v) is 5.49. The molecule has 0 aliphatic carbocycles. The van der Waals surface area contributed by atoms with Crippen molar-refractivity contribution < 1.29 is 4.74 Å². The van der Waals surface area contributed by atoms with Crippen LogP contribution in [-0.2, 0) is 18.3 Å². The quantitative estimate of drug-likeness (QED) is 0.437. The van der Waals surface area contributed by atoms with Gasteiger partial charge in [0, 0.05) is 27.2 Å². The molecule has 1 atom stereocenters. The Hall–Kier alpha value is -2.41. The number of nitrogens with one attached hydrogen (secondary N) is 2. The van der Waals surface area contributed by atoms with E-state index in [-0.39, 0.29) is 6.10 Å². The van der Waals surface area contributed by atoms with Gasteiger partial charge in [0.05, 0.1) is 12.6 Å². The summed E-state index contributed by atoms with van der Waals surface area (Å²) in [6.07, 6.45) is 2.69. The topological polar surface area (TPSA) is 76.4 Å². The first kappa shape index (κ1) is 17.9. The zero-order valence-corrected chi connectivity index (χ0v) is 14.6. The number of nitrogens with zero attached hydrogens (tertiary/aromatic N) is 4. The van der Waals surface area contributed by atoms with Gasteiger partial charge in [-0.15, -0.1) is 10.2 Å². The molecule has 0 fully saturated rings. The molecule has 1 aromatic carbocycles. The van der Waals surface area contributed by atoms with E-state index >= 15 is 0 Å². The highest BCUT2D eigenvalue weighted by Gasteiger charge is 2.05. The van der Waals surface area contributed by atoms with Gasteiger partial charge in [0.15, 0.2) is 11.8 Å². The van der Waals surface area contributed by atoms with Crippen LogP contribution in [0.15, 0.2) is 41.7 Å². The molecule has 0 aliphatic heterocycles. The molecule has 1 aromatic heterocycles. The number of rotatable bonds is 8. The van der Waals surface area contributed by atoms with Crippen LogP contribution in [0.2, 0.25) is 0 Å². The van der Waals surface area contributed by atoms with Crippen molar-refractivity contribution in [3.05, 3.63) is 48.0 Å². The normalized spacial score (nSPS) is 12.9. The Morgan fingerprint density at radius 2 is 2.08 bits per heavy atom. The molecule has 0 aliphatic rings. The Kier molecular flexibility index (Phi) is 7.22. The molecular formula is C17H26N6O. The van der Waals surface area contributed by atoms with Gasteiger partial charge in [0.1, 0.15) is 6.33 Å². The van der Waals surface area contributed by atoms with Crippen molar-refractivity contribution in [2.45, 2.75) is 26.0 Å². The molecule has 2 aromatic rings. The van der Waals surface area contributed by atoms with Crippen molar-refractivity contribution in [3.8, 4) is 0 Å². The van der Waals surface area contributed by atoms with E-state index < -0.39 is 0 Å². The zero-order valence-electron chi connectivity index (χ0n) is 14.6. The fourth-order valence-corrected chi connectivity index (χ4v) is 2.21. The Morgan fingerprint density at radius 3 is 2.75 bits per heavy atom. The van der Waals surface area contributed by atoms with Crippen LogP contribution in [-0.4, -0.2) is 40.9 Å². The molecule has 0 saturated carbocycles. The van der Waals surface area contributed by atoms with E-state index in [1.54, 1.807) is 13.4 Å². The number of ether oxygens (including phenoxy) is 1. The zero-order chi connectivity index (χ0) is 17.2. The highest BCUT2D eigenvalue weighted by molar-refractivity contribution is 5.79. The number of aliphatic imine (C=N–C) groups is 1. The predicted octanol–water partition coefficient (Wildman–Crippen LogP) is 1.65. The summed E-state index contributed by atoms with van der Waals surface area (Å²) in [5, 5.41) is 14.4. The summed E-state index contributed by atoms with van der Waals surface area (Å²) in [6, 6.07) is 10.2. The molecule has 0 radical (unpaired) electrons. The van der Waals surface area contributed by atoms with Crippen LogP contribution >= 0.6 is 0 Å². The van der Waals surface area contributed by atoms with E-state index in [2.05, 4.69) is 44.9 Å². The lowest BCUT2D eigenvalue weighted by atomic mass is 10.1. The second-order valence-electron chi connectivity index (χ2n) is 5.49. The lowest BCUT2D eigenvalue weighted by Crippen LogP contribution is -2.38. The fourth-order valence-electron chi connectivity index (χ4n) is 2.21. The molecule has 0 amide bonds. The van der Waals surface area contributed by atoms with Crippen LogP contribution in [0.25, 0.3) is 0 Å². The summed E-state index contributed by atoms with van der Waals surface area (Å²) in [5.41, 5.74) is 1.20. The van der Waals surface area contributed by atoms with Crippen molar-refractivity contribution in [1.82, 2.24) is 25.4 Å². The van der Waals surface area contributed by atoms with E-state index in [0.29, 0.717) is 13.2 Å². The minimum atomic E-state index is 0.111. The van der Waals surface area contributed by atoms with E-state index in [0.717, 1.165) is 24.7 Å². The van der Waals surface area contributed by atoms with E-state index in [9.17, 15) is 0 Å². The Bertz CT molecular complexity index is 625. The van der Waals surface area contributed by atoms with E-state index in [1.165, 1.54) is 5.56 Å². The largest absolute Gasteiger partial charge is 0.374 e. The van der Waals surface area contributed by atoms with Gasteiger partial charge < -0.3 is 19.9 Å². The lowest BCUT2D eigenvalue weighted by Gasteiger charge is -2.14. The van der Waals surface area contributed by atoms with Crippen molar-refractivity contribution in [2.75, 3.05) is 20.2 Å². The first-order valence-corrected chi connectivity index (χ1v) is 8.14. The number of hydrogen-bond acceptors (Lipinski definition) is 4. The van der Waals surface area contributed by atoms with E-state index in [1.807, 2.05) is 29.8 Å².